The maximum Gasteiger partial charge on any atom is 0.139 e. The lowest BCUT2D eigenvalue weighted by molar-refractivity contribution is 0.144. The van der Waals surface area contributed by atoms with Crippen LogP contribution in [-0.2, 0) is 0 Å². The number of pyridine rings is 1. The Kier molecular flexibility index (Phi) is 4.24. The Hall–Kier alpha value is -0.800. The predicted octanol–water partition coefficient (Wildman–Crippen LogP) is 2.99. The van der Waals surface area contributed by atoms with E-state index in [9.17, 15) is 0 Å². The third-order valence-electron chi connectivity index (χ3n) is 3.21. The molecule has 1 atom stereocenters. The van der Waals surface area contributed by atoms with Crippen molar-refractivity contribution < 1.29 is 4.74 Å². The van der Waals surface area contributed by atoms with Crippen molar-refractivity contribution in [3.05, 3.63) is 23.5 Å². The van der Waals surface area contributed by atoms with E-state index in [0.717, 1.165) is 12.4 Å². The van der Waals surface area contributed by atoms with E-state index in [0.29, 0.717) is 17.1 Å². The van der Waals surface area contributed by atoms with Crippen molar-refractivity contribution in [2.45, 2.75) is 38.8 Å². The molecule has 0 unspecified atom stereocenters. The van der Waals surface area contributed by atoms with E-state index in [1.54, 1.807) is 12.4 Å². The van der Waals surface area contributed by atoms with Crippen LogP contribution in [0.25, 0.3) is 0 Å². The second-order valence-electron chi connectivity index (χ2n) is 4.78. The van der Waals surface area contributed by atoms with Crippen LogP contribution in [0.15, 0.2) is 18.5 Å². The molecule has 1 aromatic rings. The van der Waals surface area contributed by atoms with Gasteiger partial charge in [0.1, 0.15) is 12.4 Å². The molecule has 2 heterocycles. The molecule has 4 heteroatoms. The Bertz CT molecular complexity index is 370. The summed E-state index contributed by atoms with van der Waals surface area (Å²) in [5, 5.41) is 0.620. The molecule has 0 bridgehead atoms. The minimum atomic E-state index is 0.522. The quantitative estimate of drug-likeness (QED) is 0.826. The zero-order chi connectivity index (χ0) is 12.3. The van der Waals surface area contributed by atoms with Gasteiger partial charge in [0, 0.05) is 24.3 Å². The van der Waals surface area contributed by atoms with Gasteiger partial charge in [-0.2, -0.15) is 0 Å². The van der Waals surface area contributed by atoms with E-state index in [2.05, 4.69) is 23.7 Å². The molecular formula is C13H19ClN2O. The van der Waals surface area contributed by atoms with Gasteiger partial charge in [-0.15, -0.1) is 0 Å². The fourth-order valence-electron chi connectivity index (χ4n) is 2.38. The molecule has 1 saturated heterocycles. The molecule has 0 saturated carbocycles. The van der Waals surface area contributed by atoms with Crippen LogP contribution >= 0.6 is 11.6 Å². The summed E-state index contributed by atoms with van der Waals surface area (Å²) in [6, 6.07) is 2.92. The third-order valence-corrected chi connectivity index (χ3v) is 3.41. The summed E-state index contributed by atoms with van der Waals surface area (Å²) in [5.74, 6) is 0.758. The zero-order valence-electron chi connectivity index (χ0n) is 10.4. The van der Waals surface area contributed by atoms with Crippen LogP contribution in [0.2, 0.25) is 5.02 Å². The molecule has 1 aliphatic rings. The highest BCUT2D eigenvalue weighted by Gasteiger charge is 2.26. The van der Waals surface area contributed by atoms with Crippen molar-refractivity contribution >= 4 is 11.6 Å². The topological polar surface area (TPSA) is 25.4 Å². The second-order valence-corrected chi connectivity index (χ2v) is 5.21. The lowest BCUT2D eigenvalue weighted by Gasteiger charge is -2.28. The predicted molar refractivity (Wildman–Crippen MR) is 69.6 cm³/mol. The van der Waals surface area contributed by atoms with Crippen LogP contribution in [-0.4, -0.2) is 35.1 Å². The van der Waals surface area contributed by atoms with E-state index >= 15 is 0 Å². The summed E-state index contributed by atoms with van der Waals surface area (Å²) in [4.78, 5) is 6.51. The van der Waals surface area contributed by atoms with E-state index in [1.165, 1.54) is 19.4 Å². The Morgan fingerprint density at radius 3 is 3.06 bits per heavy atom. The number of hydrogen-bond acceptors (Lipinski definition) is 3. The first kappa shape index (κ1) is 12.7. The number of rotatable bonds is 4. The molecule has 0 amide bonds. The third kappa shape index (κ3) is 3.33. The van der Waals surface area contributed by atoms with Gasteiger partial charge in [-0.05, 0) is 33.2 Å². The average Bonchev–Trinajstić information content (AvgIpc) is 2.74. The first-order valence-corrected chi connectivity index (χ1v) is 6.53. The van der Waals surface area contributed by atoms with Crippen molar-refractivity contribution in [1.82, 2.24) is 9.88 Å². The Morgan fingerprint density at radius 2 is 2.35 bits per heavy atom. The minimum absolute atomic E-state index is 0.522. The average molecular weight is 255 g/mol. The van der Waals surface area contributed by atoms with Gasteiger partial charge in [0.15, 0.2) is 0 Å². The minimum Gasteiger partial charge on any atom is -0.490 e. The van der Waals surface area contributed by atoms with E-state index in [1.807, 2.05) is 6.07 Å². The first-order valence-electron chi connectivity index (χ1n) is 6.16. The summed E-state index contributed by atoms with van der Waals surface area (Å²) in [6.07, 6.45) is 5.80. The molecule has 2 rings (SSSR count). The first-order chi connectivity index (χ1) is 8.16. The lowest BCUT2D eigenvalue weighted by Crippen LogP contribution is -2.39. The Balaban J connectivity index is 1.89. The van der Waals surface area contributed by atoms with Crippen LogP contribution in [0.3, 0.4) is 0 Å². The highest BCUT2D eigenvalue weighted by atomic mass is 35.5. The largest absolute Gasteiger partial charge is 0.490 e. The standard InChI is InChI=1S/C13H19ClN2O/c1-10(2)16-5-3-4-12(16)9-17-13-6-11(14)7-15-8-13/h6-8,10,12H,3-5,9H2,1-2H3/t12-/m0/s1. The molecule has 1 fully saturated rings. The number of nitrogens with zero attached hydrogens (tertiary/aromatic N) is 2. The molecule has 94 valence electrons. The molecule has 3 nitrogen and oxygen atoms in total. The fourth-order valence-corrected chi connectivity index (χ4v) is 2.54. The molecule has 0 N–H and O–H groups in total. The van der Waals surface area contributed by atoms with Crippen molar-refractivity contribution in [3.8, 4) is 5.75 Å². The van der Waals surface area contributed by atoms with Gasteiger partial charge in [0.05, 0.1) is 11.2 Å². The molecule has 0 aromatic carbocycles. The van der Waals surface area contributed by atoms with E-state index in [-0.39, 0.29) is 0 Å². The van der Waals surface area contributed by atoms with Crippen LogP contribution < -0.4 is 4.74 Å². The Morgan fingerprint density at radius 1 is 1.53 bits per heavy atom. The molecule has 0 aliphatic carbocycles. The van der Waals surface area contributed by atoms with Gasteiger partial charge in [0.25, 0.3) is 0 Å². The normalized spacial score (nSPS) is 21.1. The summed E-state index contributed by atoms with van der Waals surface area (Å²) in [6.45, 7) is 6.37. The molecule has 0 radical (unpaired) electrons. The molecule has 1 aliphatic heterocycles. The second kappa shape index (κ2) is 5.69. The van der Waals surface area contributed by atoms with Crippen LogP contribution in [0.5, 0.6) is 5.75 Å². The molecule has 0 spiro atoms. The van der Waals surface area contributed by atoms with Crippen LogP contribution in [0, 0.1) is 0 Å². The summed E-state index contributed by atoms with van der Waals surface area (Å²) in [7, 11) is 0. The van der Waals surface area contributed by atoms with Crippen molar-refractivity contribution in [3.63, 3.8) is 0 Å². The summed E-state index contributed by atoms with van der Waals surface area (Å²) in [5.41, 5.74) is 0. The van der Waals surface area contributed by atoms with Crippen LogP contribution in [0.4, 0.5) is 0 Å². The van der Waals surface area contributed by atoms with Gasteiger partial charge >= 0.3 is 0 Å². The SMILES string of the molecule is CC(C)N1CCC[C@H]1COc1cncc(Cl)c1. The fraction of sp³-hybridized carbons (Fsp3) is 0.615. The smallest absolute Gasteiger partial charge is 0.139 e. The van der Waals surface area contributed by atoms with Crippen molar-refractivity contribution in [2.24, 2.45) is 0 Å². The van der Waals surface area contributed by atoms with E-state index < -0.39 is 0 Å². The van der Waals surface area contributed by atoms with Gasteiger partial charge in [-0.1, -0.05) is 11.6 Å². The van der Waals surface area contributed by atoms with Crippen LogP contribution in [0.1, 0.15) is 26.7 Å². The summed E-state index contributed by atoms with van der Waals surface area (Å²) >= 11 is 5.87. The number of aromatic nitrogens is 1. The Labute approximate surface area is 108 Å². The zero-order valence-corrected chi connectivity index (χ0v) is 11.2. The highest BCUT2D eigenvalue weighted by molar-refractivity contribution is 6.30. The number of halogens is 1. The maximum absolute atomic E-state index is 5.87. The summed E-state index contributed by atoms with van der Waals surface area (Å²) < 4.78 is 5.76. The number of ether oxygens (including phenoxy) is 1. The number of likely N-dealkylation sites (tertiary alicyclic amines) is 1. The van der Waals surface area contributed by atoms with Crippen molar-refractivity contribution in [1.29, 1.82) is 0 Å². The van der Waals surface area contributed by atoms with Gasteiger partial charge in [-0.3, -0.25) is 9.88 Å². The molecule has 17 heavy (non-hydrogen) atoms. The maximum atomic E-state index is 5.87. The highest BCUT2D eigenvalue weighted by Crippen LogP contribution is 2.22. The van der Waals surface area contributed by atoms with E-state index in [4.69, 9.17) is 16.3 Å². The molecule has 1 aromatic heterocycles. The van der Waals surface area contributed by atoms with Gasteiger partial charge < -0.3 is 4.74 Å². The molecular weight excluding hydrogens is 236 g/mol. The monoisotopic (exact) mass is 254 g/mol. The number of hydrogen-bond donors (Lipinski definition) is 0. The van der Waals surface area contributed by atoms with Gasteiger partial charge in [-0.25, -0.2) is 0 Å². The van der Waals surface area contributed by atoms with Gasteiger partial charge in [0.2, 0.25) is 0 Å². The van der Waals surface area contributed by atoms with Crippen molar-refractivity contribution in [2.75, 3.05) is 13.2 Å². The lowest BCUT2D eigenvalue weighted by atomic mass is 10.2.